The zero-order valence-electron chi connectivity index (χ0n) is 11.3. The first kappa shape index (κ1) is 14.3. The predicted molar refractivity (Wildman–Crippen MR) is 75.3 cm³/mol. The van der Waals surface area contributed by atoms with Gasteiger partial charge in [-0.25, -0.2) is 0 Å². The van der Waals surface area contributed by atoms with Crippen LogP contribution in [0, 0.1) is 0 Å². The molecule has 1 fully saturated rings. The van der Waals surface area contributed by atoms with Crippen LogP contribution in [0.1, 0.15) is 40.5 Å². The van der Waals surface area contributed by atoms with Crippen molar-refractivity contribution in [3.63, 3.8) is 0 Å². The van der Waals surface area contributed by atoms with Crippen molar-refractivity contribution in [1.82, 2.24) is 10.2 Å². The molecular weight excluding hydrogens is 216 g/mol. The number of nitrogens with zero attached hydrogens (tertiary/aromatic N) is 1. The summed E-state index contributed by atoms with van der Waals surface area (Å²) in [6.07, 6.45) is 2.50. The Bertz CT molecular complexity index is 187. The Balaban J connectivity index is 2.43. The maximum atomic E-state index is 3.57. The molecule has 0 aliphatic carbocycles. The van der Waals surface area contributed by atoms with E-state index >= 15 is 0 Å². The average molecular weight is 244 g/mol. The normalized spacial score (nSPS) is 29.2. The van der Waals surface area contributed by atoms with Crippen LogP contribution in [0.2, 0.25) is 0 Å². The first-order chi connectivity index (χ1) is 7.70. The highest BCUT2D eigenvalue weighted by molar-refractivity contribution is 8.00. The van der Waals surface area contributed by atoms with Gasteiger partial charge in [0, 0.05) is 36.2 Å². The van der Waals surface area contributed by atoms with Crippen molar-refractivity contribution in [3.8, 4) is 0 Å². The second-order valence-electron chi connectivity index (χ2n) is 4.82. The third-order valence-electron chi connectivity index (χ3n) is 3.68. The van der Waals surface area contributed by atoms with Gasteiger partial charge < -0.3 is 5.32 Å². The minimum Gasteiger partial charge on any atom is -0.315 e. The van der Waals surface area contributed by atoms with Crippen LogP contribution in [0.4, 0.5) is 0 Å². The number of thioether (sulfide) groups is 1. The van der Waals surface area contributed by atoms with E-state index in [4.69, 9.17) is 0 Å². The summed E-state index contributed by atoms with van der Waals surface area (Å²) in [6, 6.07) is 1.46. The molecule has 0 radical (unpaired) electrons. The summed E-state index contributed by atoms with van der Waals surface area (Å²) in [5.74, 6) is 1.30. The molecule has 1 saturated heterocycles. The molecule has 1 aliphatic rings. The fourth-order valence-corrected chi connectivity index (χ4v) is 3.54. The van der Waals surface area contributed by atoms with Crippen LogP contribution >= 0.6 is 11.8 Å². The van der Waals surface area contributed by atoms with E-state index in [0.717, 1.165) is 30.4 Å². The van der Waals surface area contributed by atoms with Gasteiger partial charge in [-0.15, -0.1) is 0 Å². The maximum Gasteiger partial charge on any atom is 0.0221 e. The van der Waals surface area contributed by atoms with Crippen LogP contribution in [0.15, 0.2) is 0 Å². The van der Waals surface area contributed by atoms with E-state index in [1.807, 2.05) is 0 Å². The third-order valence-corrected chi connectivity index (χ3v) is 5.02. The third kappa shape index (κ3) is 3.94. The summed E-state index contributed by atoms with van der Waals surface area (Å²) in [5, 5.41) is 4.36. The highest BCUT2D eigenvalue weighted by atomic mass is 32.2. The van der Waals surface area contributed by atoms with Gasteiger partial charge in [0.05, 0.1) is 0 Å². The van der Waals surface area contributed by atoms with Gasteiger partial charge in [-0.05, 0) is 26.3 Å². The fourth-order valence-electron chi connectivity index (χ4n) is 2.41. The highest BCUT2D eigenvalue weighted by Crippen LogP contribution is 2.26. The standard InChI is InChI=1S/C13H28N2S/c1-5-7-14-10-13(6-2)15-8-9-16-12(4)11(15)3/h11-14H,5-10H2,1-4H3. The molecule has 96 valence electrons. The Morgan fingerprint density at radius 3 is 2.75 bits per heavy atom. The van der Waals surface area contributed by atoms with E-state index < -0.39 is 0 Å². The highest BCUT2D eigenvalue weighted by Gasteiger charge is 2.29. The van der Waals surface area contributed by atoms with E-state index in [1.165, 1.54) is 25.1 Å². The lowest BCUT2D eigenvalue weighted by Gasteiger charge is -2.42. The number of hydrogen-bond acceptors (Lipinski definition) is 3. The van der Waals surface area contributed by atoms with Crippen LogP contribution in [-0.4, -0.2) is 47.6 Å². The monoisotopic (exact) mass is 244 g/mol. The Labute approximate surface area is 106 Å². The van der Waals surface area contributed by atoms with E-state index in [1.54, 1.807) is 0 Å². The van der Waals surface area contributed by atoms with Crippen LogP contribution in [0.3, 0.4) is 0 Å². The van der Waals surface area contributed by atoms with Crippen molar-refractivity contribution in [3.05, 3.63) is 0 Å². The fraction of sp³-hybridized carbons (Fsp3) is 1.00. The van der Waals surface area contributed by atoms with Crippen molar-refractivity contribution in [1.29, 1.82) is 0 Å². The van der Waals surface area contributed by atoms with Crippen molar-refractivity contribution in [2.45, 2.75) is 57.9 Å². The zero-order valence-corrected chi connectivity index (χ0v) is 12.1. The van der Waals surface area contributed by atoms with Gasteiger partial charge in [0.25, 0.3) is 0 Å². The lowest BCUT2D eigenvalue weighted by molar-refractivity contribution is 0.140. The van der Waals surface area contributed by atoms with Gasteiger partial charge in [0.2, 0.25) is 0 Å². The summed E-state index contributed by atoms with van der Waals surface area (Å²) in [5.41, 5.74) is 0. The average Bonchev–Trinajstić information content (AvgIpc) is 2.29. The molecule has 3 unspecified atom stereocenters. The number of hydrogen-bond donors (Lipinski definition) is 1. The molecule has 0 saturated carbocycles. The molecule has 1 N–H and O–H groups in total. The van der Waals surface area contributed by atoms with Crippen LogP contribution < -0.4 is 5.32 Å². The first-order valence-electron chi connectivity index (χ1n) is 6.78. The van der Waals surface area contributed by atoms with Crippen molar-refractivity contribution >= 4 is 11.8 Å². The quantitative estimate of drug-likeness (QED) is 0.723. The van der Waals surface area contributed by atoms with Crippen LogP contribution in [-0.2, 0) is 0 Å². The van der Waals surface area contributed by atoms with Gasteiger partial charge in [0.1, 0.15) is 0 Å². The molecule has 3 atom stereocenters. The lowest BCUT2D eigenvalue weighted by Crippen LogP contribution is -2.53. The number of rotatable bonds is 6. The Hall–Kier alpha value is 0.270. The molecule has 0 bridgehead atoms. The van der Waals surface area contributed by atoms with Gasteiger partial charge >= 0.3 is 0 Å². The molecular formula is C13H28N2S. The van der Waals surface area contributed by atoms with Crippen LogP contribution in [0.25, 0.3) is 0 Å². The Morgan fingerprint density at radius 1 is 1.38 bits per heavy atom. The second kappa shape index (κ2) is 7.57. The van der Waals surface area contributed by atoms with Crippen molar-refractivity contribution < 1.29 is 0 Å². The molecule has 0 aromatic carbocycles. The Morgan fingerprint density at radius 2 is 2.12 bits per heavy atom. The number of nitrogens with one attached hydrogen (secondary N) is 1. The minimum absolute atomic E-state index is 0.727. The van der Waals surface area contributed by atoms with Crippen molar-refractivity contribution in [2.24, 2.45) is 0 Å². The van der Waals surface area contributed by atoms with Gasteiger partial charge in [-0.3, -0.25) is 4.90 Å². The topological polar surface area (TPSA) is 15.3 Å². The molecule has 3 heteroatoms. The van der Waals surface area contributed by atoms with E-state index in [-0.39, 0.29) is 0 Å². The summed E-state index contributed by atoms with van der Waals surface area (Å²) in [6.45, 7) is 12.9. The zero-order chi connectivity index (χ0) is 12.0. The van der Waals surface area contributed by atoms with Crippen LogP contribution in [0.5, 0.6) is 0 Å². The van der Waals surface area contributed by atoms with E-state index in [2.05, 4.69) is 49.7 Å². The molecule has 1 aliphatic heterocycles. The van der Waals surface area contributed by atoms with Gasteiger partial charge in [-0.2, -0.15) is 11.8 Å². The summed E-state index contributed by atoms with van der Waals surface area (Å²) < 4.78 is 0. The van der Waals surface area contributed by atoms with Gasteiger partial charge in [-0.1, -0.05) is 20.8 Å². The minimum atomic E-state index is 0.727. The molecule has 1 rings (SSSR count). The summed E-state index contributed by atoms with van der Waals surface area (Å²) in [4.78, 5) is 2.71. The maximum absolute atomic E-state index is 3.57. The molecule has 0 aromatic heterocycles. The smallest absolute Gasteiger partial charge is 0.0221 e. The van der Waals surface area contributed by atoms with Crippen molar-refractivity contribution in [2.75, 3.05) is 25.4 Å². The van der Waals surface area contributed by atoms with E-state index in [0.29, 0.717) is 0 Å². The molecule has 16 heavy (non-hydrogen) atoms. The largest absolute Gasteiger partial charge is 0.315 e. The molecule has 2 nitrogen and oxygen atoms in total. The molecule has 0 spiro atoms. The first-order valence-corrected chi connectivity index (χ1v) is 7.83. The molecule has 0 aromatic rings. The lowest BCUT2D eigenvalue weighted by atomic mass is 10.1. The van der Waals surface area contributed by atoms with E-state index in [9.17, 15) is 0 Å². The summed E-state index contributed by atoms with van der Waals surface area (Å²) in [7, 11) is 0. The molecule has 1 heterocycles. The predicted octanol–water partition coefficient (Wildman–Crippen LogP) is 2.59. The summed E-state index contributed by atoms with van der Waals surface area (Å²) >= 11 is 2.12. The second-order valence-corrected chi connectivity index (χ2v) is 6.31. The molecule has 0 amide bonds. The SMILES string of the molecule is CCCNCC(CC)N1CCSC(C)C1C. The van der Waals surface area contributed by atoms with Gasteiger partial charge in [0.15, 0.2) is 0 Å². The Kier molecular flexibility index (Phi) is 6.78.